The van der Waals surface area contributed by atoms with Gasteiger partial charge in [0.2, 0.25) is 5.84 Å². The molecule has 0 radical (unpaired) electrons. The van der Waals surface area contributed by atoms with Crippen LogP contribution in [-0.4, -0.2) is 16.9 Å². The lowest BCUT2D eigenvalue weighted by Gasteiger charge is -2.00. The second-order valence-electron chi connectivity index (χ2n) is 2.62. The Morgan fingerprint density at radius 2 is 2.07 bits per heavy atom. The molecule has 0 fully saturated rings. The molecule has 0 aromatic heterocycles. The van der Waals surface area contributed by atoms with E-state index in [1.165, 1.54) is 0 Å². The van der Waals surface area contributed by atoms with Crippen molar-refractivity contribution in [1.29, 1.82) is 0 Å². The number of hydrogen-bond acceptors (Lipinski definition) is 3. The van der Waals surface area contributed by atoms with E-state index in [0.29, 0.717) is 6.54 Å². The van der Waals surface area contributed by atoms with Crippen molar-refractivity contribution < 1.29 is 9.90 Å². The zero-order valence-corrected chi connectivity index (χ0v) is 7.47. The van der Waals surface area contributed by atoms with E-state index in [0.717, 1.165) is 5.56 Å². The minimum atomic E-state index is -1.23. The fourth-order valence-electron chi connectivity index (χ4n) is 0.860. The molecule has 0 bridgehead atoms. The highest BCUT2D eigenvalue weighted by Crippen LogP contribution is 1.96. The maximum absolute atomic E-state index is 10.2. The largest absolute Gasteiger partial charge is 0.475 e. The summed E-state index contributed by atoms with van der Waals surface area (Å²) in [5.74, 6) is -1.67. The van der Waals surface area contributed by atoms with Crippen LogP contribution in [-0.2, 0) is 11.3 Å². The molecule has 0 aliphatic carbocycles. The van der Waals surface area contributed by atoms with Gasteiger partial charge in [-0.2, -0.15) is 5.10 Å². The van der Waals surface area contributed by atoms with Gasteiger partial charge in [0.15, 0.2) is 0 Å². The van der Waals surface area contributed by atoms with Crippen LogP contribution in [0.5, 0.6) is 0 Å². The third kappa shape index (κ3) is 3.14. The molecule has 0 aliphatic heterocycles. The monoisotopic (exact) mass is 193 g/mol. The fourth-order valence-corrected chi connectivity index (χ4v) is 0.860. The quantitative estimate of drug-likeness (QED) is 0.362. The standard InChI is InChI=1S/C9H11N3O2/c10-8(9(13)14)12-11-6-7-4-2-1-3-5-7/h1-5,11H,6H2,(H2,10,12)(H,13,14). The van der Waals surface area contributed by atoms with Gasteiger partial charge in [-0.3, -0.25) is 0 Å². The lowest BCUT2D eigenvalue weighted by molar-refractivity contribution is -0.129. The van der Waals surface area contributed by atoms with E-state index in [4.69, 9.17) is 10.8 Å². The maximum Gasteiger partial charge on any atom is 0.373 e. The number of nitrogens with zero attached hydrogens (tertiary/aromatic N) is 1. The van der Waals surface area contributed by atoms with Crippen LogP contribution in [0.25, 0.3) is 0 Å². The Hall–Kier alpha value is -2.04. The molecule has 5 nitrogen and oxygen atoms in total. The number of aliphatic carboxylic acids is 1. The number of nitrogens with one attached hydrogen (secondary N) is 1. The number of carboxylic acid groups (broad SMARTS) is 1. The third-order valence-corrected chi connectivity index (χ3v) is 1.54. The summed E-state index contributed by atoms with van der Waals surface area (Å²) < 4.78 is 0. The summed E-state index contributed by atoms with van der Waals surface area (Å²) in [6, 6.07) is 9.49. The minimum absolute atomic E-state index is 0.444. The Balaban J connectivity index is 2.43. The number of benzene rings is 1. The molecule has 5 heteroatoms. The Morgan fingerprint density at radius 3 is 2.64 bits per heavy atom. The van der Waals surface area contributed by atoms with Gasteiger partial charge in [0.1, 0.15) is 0 Å². The SMILES string of the molecule is N/C(=N\NCc1ccccc1)C(=O)O. The van der Waals surface area contributed by atoms with Gasteiger partial charge in [0.05, 0.1) is 6.54 Å². The maximum atomic E-state index is 10.2. The van der Waals surface area contributed by atoms with E-state index >= 15 is 0 Å². The van der Waals surface area contributed by atoms with Crippen LogP contribution < -0.4 is 11.2 Å². The average Bonchev–Trinajstić information content (AvgIpc) is 2.19. The number of nitrogens with two attached hydrogens (primary N) is 1. The van der Waals surface area contributed by atoms with E-state index < -0.39 is 11.8 Å². The molecule has 1 aromatic rings. The van der Waals surface area contributed by atoms with Gasteiger partial charge in [-0.05, 0) is 5.56 Å². The number of amidine groups is 1. The normalized spacial score (nSPS) is 11.0. The molecule has 0 aliphatic rings. The predicted octanol–water partition coefficient (Wildman–Crippen LogP) is 0.133. The van der Waals surface area contributed by atoms with E-state index in [-0.39, 0.29) is 0 Å². The first-order valence-corrected chi connectivity index (χ1v) is 4.03. The van der Waals surface area contributed by atoms with E-state index in [9.17, 15) is 4.79 Å². The molecule has 0 heterocycles. The van der Waals surface area contributed by atoms with Crippen LogP contribution in [0.4, 0.5) is 0 Å². The van der Waals surface area contributed by atoms with Crippen molar-refractivity contribution in [2.45, 2.75) is 6.54 Å². The first-order valence-electron chi connectivity index (χ1n) is 4.03. The molecule has 0 saturated carbocycles. The van der Waals surface area contributed by atoms with Crippen LogP contribution in [0.3, 0.4) is 0 Å². The van der Waals surface area contributed by atoms with Crippen molar-refractivity contribution in [3.8, 4) is 0 Å². The Morgan fingerprint density at radius 1 is 1.43 bits per heavy atom. The van der Waals surface area contributed by atoms with Gasteiger partial charge >= 0.3 is 5.97 Å². The highest BCUT2D eigenvalue weighted by atomic mass is 16.4. The van der Waals surface area contributed by atoms with Crippen molar-refractivity contribution in [2.75, 3.05) is 0 Å². The number of hydrazone groups is 1. The Kier molecular flexibility index (Phi) is 3.49. The molecule has 74 valence electrons. The molecule has 0 atom stereocenters. The van der Waals surface area contributed by atoms with Crippen molar-refractivity contribution in [3.63, 3.8) is 0 Å². The van der Waals surface area contributed by atoms with E-state index in [1.807, 2.05) is 30.3 Å². The number of rotatable bonds is 3. The van der Waals surface area contributed by atoms with Crippen LogP contribution in [0.1, 0.15) is 5.56 Å². The molecular weight excluding hydrogens is 182 g/mol. The van der Waals surface area contributed by atoms with Gasteiger partial charge in [0.25, 0.3) is 0 Å². The first-order chi connectivity index (χ1) is 6.70. The van der Waals surface area contributed by atoms with Gasteiger partial charge in [-0.1, -0.05) is 30.3 Å². The summed E-state index contributed by atoms with van der Waals surface area (Å²) in [5.41, 5.74) is 8.64. The molecular formula is C9H11N3O2. The minimum Gasteiger partial charge on any atom is -0.475 e. The summed E-state index contributed by atoms with van der Waals surface area (Å²) in [6.45, 7) is 0.453. The third-order valence-electron chi connectivity index (χ3n) is 1.54. The van der Waals surface area contributed by atoms with Crippen molar-refractivity contribution in [1.82, 2.24) is 5.43 Å². The molecule has 0 saturated heterocycles. The van der Waals surface area contributed by atoms with Crippen molar-refractivity contribution >= 4 is 11.8 Å². The van der Waals surface area contributed by atoms with Gasteiger partial charge in [0, 0.05) is 0 Å². The molecule has 4 N–H and O–H groups in total. The summed E-state index contributed by atoms with van der Waals surface area (Å²) in [4.78, 5) is 10.2. The van der Waals surface area contributed by atoms with Crippen molar-refractivity contribution in [2.24, 2.45) is 10.8 Å². The second-order valence-corrected chi connectivity index (χ2v) is 2.62. The van der Waals surface area contributed by atoms with Crippen LogP contribution in [0.2, 0.25) is 0 Å². The van der Waals surface area contributed by atoms with E-state index in [1.54, 1.807) is 0 Å². The van der Waals surface area contributed by atoms with Gasteiger partial charge < -0.3 is 16.3 Å². The smallest absolute Gasteiger partial charge is 0.373 e. The first kappa shape index (κ1) is 10.0. The highest BCUT2D eigenvalue weighted by Gasteiger charge is 2.00. The summed E-state index contributed by atoms with van der Waals surface area (Å²) in [7, 11) is 0. The lowest BCUT2D eigenvalue weighted by atomic mass is 10.2. The van der Waals surface area contributed by atoms with Crippen LogP contribution in [0, 0.1) is 0 Å². The van der Waals surface area contributed by atoms with Gasteiger partial charge in [-0.25, -0.2) is 4.79 Å². The zero-order chi connectivity index (χ0) is 10.4. The lowest BCUT2D eigenvalue weighted by Crippen LogP contribution is -2.26. The fraction of sp³-hybridized carbons (Fsp3) is 0.111. The molecule has 0 amide bonds. The topological polar surface area (TPSA) is 87.7 Å². The predicted molar refractivity (Wildman–Crippen MR) is 52.5 cm³/mol. The summed E-state index contributed by atoms with van der Waals surface area (Å²) in [6.07, 6.45) is 0. The zero-order valence-electron chi connectivity index (χ0n) is 7.47. The summed E-state index contributed by atoms with van der Waals surface area (Å²) >= 11 is 0. The number of carbonyl (C=O) groups is 1. The van der Waals surface area contributed by atoms with Crippen LogP contribution >= 0.6 is 0 Å². The van der Waals surface area contributed by atoms with E-state index in [2.05, 4.69) is 10.5 Å². The second kappa shape index (κ2) is 4.86. The average molecular weight is 193 g/mol. The van der Waals surface area contributed by atoms with Crippen LogP contribution in [0.15, 0.2) is 35.4 Å². The molecule has 14 heavy (non-hydrogen) atoms. The van der Waals surface area contributed by atoms with Crippen molar-refractivity contribution in [3.05, 3.63) is 35.9 Å². The highest BCUT2D eigenvalue weighted by molar-refractivity contribution is 6.33. The molecule has 0 spiro atoms. The molecule has 1 rings (SSSR count). The summed E-state index contributed by atoms with van der Waals surface area (Å²) in [5, 5.41) is 11.8. The molecule has 0 unspecified atom stereocenters. The Labute approximate surface area is 81.2 Å². The molecule has 1 aromatic carbocycles. The number of hydrogen-bond donors (Lipinski definition) is 3. The van der Waals surface area contributed by atoms with Gasteiger partial charge in [-0.15, -0.1) is 0 Å². The number of carboxylic acids is 1. The Bertz CT molecular complexity index is 335.